The fraction of sp³-hybridized carbons (Fsp3) is 0. The second-order valence-electron chi connectivity index (χ2n) is 4.32. The summed E-state index contributed by atoms with van der Waals surface area (Å²) in [5.41, 5.74) is 2.36. The Bertz CT molecular complexity index is 813. The molecule has 0 bridgehead atoms. The largest absolute Gasteiger partial charge is 0.256 e. The number of rotatable bonds is 3. The summed E-state index contributed by atoms with van der Waals surface area (Å²) >= 11 is 1.61. The smallest absolute Gasteiger partial charge is 0.123 e. The normalized spacial score (nSPS) is 10.6. The molecule has 1 aromatic carbocycles. The van der Waals surface area contributed by atoms with E-state index >= 15 is 0 Å². The van der Waals surface area contributed by atoms with Gasteiger partial charge in [-0.05, 0) is 24.3 Å². The van der Waals surface area contributed by atoms with Crippen LogP contribution in [0.4, 0.5) is 0 Å². The maximum absolute atomic E-state index is 9.03. The quantitative estimate of drug-likeness (QED) is 0.724. The van der Waals surface area contributed by atoms with Crippen LogP contribution in [0.15, 0.2) is 54.9 Å². The van der Waals surface area contributed by atoms with Crippen molar-refractivity contribution in [2.75, 3.05) is 0 Å². The number of benzene rings is 1. The van der Waals surface area contributed by atoms with E-state index < -0.39 is 0 Å². The standard InChI is InChI=1S/C17H11N3S/c18-11-14-7-4-10-19-16(14)9-8-15-12-20-17(21-15)13-5-2-1-3-6-13/h1-10,12H. The molecule has 0 aliphatic rings. The molecule has 0 aliphatic heterocycles. The van der Waals surface area contributed by atoms with Crippen molar-refractivity contribution in [1.82, 2.24) is 9.97 Å². The van der Waals surface area contributed by atoms with Crippen LogP contribution in [-0.2, 0) is 0 Å². The Morgan fingerprint density at radius 3 is 2.67 bits per heavy atom. The summed E-state index contributed by atoms with van der Waals surface area (Å²) in [6.45, 7) is 0. The molecule has 0 spiro atoms. The fourth-order valence-electron chi connectivity index (χ4n) is 1.88. The predicted octanol–water partition coefficient (Wildman–Crippen LogP) is 4.25. The summed E-state index contributed by atoms with van der Waals surface area (Å²) in [6.07, 6.45) is 7.30. The topological polar surface area (TPSA) is 49.6 Å². The summed E-state index contributed by atoms with van der Waals surface area (Å²) in [6, 6.07) is 15.7. The van der Waals surface area contributed by atoms with Gasteiger partial charge in [-0.15, -0.1) is 11.3 Å². The predicted molar refractivity (Wildman–Crippen MR) is 85.4 cm³/mol. The van der Waals surface area contributed by atoms with Gasteiger partial charge in [0.05, 0.1) is 11.3 Å². The van der Waals surface area contributed by atoms with Crippen molar-refractivity contribution in [3.05, 3.63) is 71.0 Å². The van der Waals surface area contributed by atoms with Crippen LogP contribution in [0, 0.1) is 11.3 Å². The third kappa shape index (κ3) is 3.04. The average Bonchev–Trinajstić information content (AvgIpc) is 3.03. The van der Waals surface area contributed by atoms with Crippen molar-refractivity contribution in [1.29, 1.82) is 5.26 Å². The van der Waals surface area contributed by atoms with E-state index in [0.717, 1.165) is 15.4 Å². The zero-order valence-corrected chi connectivity index (χ0v) is 11.9. The molecule has 0 saturated carbocycles. The highest BCUT2D eigenvalue weighted by Gasteiger charge is 2.03. The molecule has 0 saturated heterocycles. The Morgan fingerprint density at radius 1 is 1.00 bits per heavy atom. The van der Waals surface area contributed by atoms with E-state index in [1.807, 2.05) is 48.7 Å². The molecule has 3 rings (SSSR count). The minimum atomic E-state index is 0.571. The molecule has 0 amide bonds. The molecule has 0 unspecified atom stereocenters. The van der Waals surface area contributed by atoms with Gasteiger partial charge < -0.3 is 0 Å². The molecular weight excluding hydrogens is 278 g/mol. The lowest BCUT2D eigenvalue weighted by atomic mass is 10.2. The van der Waals surface area contributed by atoms with E-state index in [2.05, 4.69) is 16.0 Å². The number of aromatic nitrogens is 2. The van der Waals surface area contributed by atoms with Gasteiger partial charge >= 0.3 is 0 Å². The van der Waals surface area contributed by atoms with Crippen LogP contribution in [-0.4, -0.2) is 9.97 Å². The van der Waals surface area contributed by atoms with E-state index in [1.54, 1.807) is 29.7 Å². The Hall–Kier alpha value is -2.77. The van der Waals surface area contributed by atoms with E-state index in [-0.39, 0.29) is 0 Å². The summed E-state index contributed by atoms with van der Waals surface area (Å²) in [7, 11) is 0. The first kappa shape index (κ1) is 13.2. The van der Waals surface area contributed by atoms with Crippen LogP contribution in [0.5, 0.6) is 0 Å². The van der Waals surface area contributed by atoms with Gasteiger partial charge in [-0.3, -0.25) is 4.98 Å². The zero-order valence-electron chi connectivity index (χ0n) is 11.1. The van der Waals surface area contributed by atoms with Gasteiger partial charge in [-0.2, -0.15) is 5.26 Å². The SMILES string of the molecule is N#Cc1cccnc1C=Cc1cnc(-c2ccccc2)s1. The van der Waals surface area contributed by atoms with Crippen molar-refractivity contribution in [3.8, 4) is 16.6 Å². The summed E-state index contributed by atoms with van der Waals surface area (Å²) < 4.78 is 0. The van der Waals surface area contributed by atoms with Crippen molar-refractivity contribution in [2.45, 2.75) is 0 Å². The van der Waals surface area contributed by atoms with Crippen LogP contribution in [0.3, 0.4) is 0 Å². The second kappa shape index (κ2) is 6.12. The van der Waals surface area contributed by atoms with Gasteiger partial charge in [0.1, 0.15) is 11.1 Å². The van der Waals surface area contributed by atoms with Gasteiger partial charge in [-0.25, -0.2) is 4.98 Å². The van der Waals surface area contributed by atoms with Gasteiger partial charge in [0, 0.05) is 22.8 Å². The molecule has 0 fully saturated rings. The summed E-state index contributed by atoms with van der Waals surface area (Å²) in [5.74, 6) is 0. The third-order valence-electron chi connectivity index (χ3n) is 2.91. The number of nitrogens with zero attached hydrogens (tertiary/aromatic N) is 3. The minimum Gasteiger partial charge on any atom is -0.256 e. The lowest BCUT2D eigenvalue weighted by Gasteiger charge is -1.94. The average molecular weight is 289 g/mol. The minimum absolute atomic E-state index is 0.571. The maximum Gasteiger partial charge on any atom is 0.123 e. The first-order chi connectivity index (χ1) is 10.4. The molecule has 0 aliphatic carbocycles. The van der Waals surface area contributed by atoms with Gasteiger partial charge in [0.15, 0.2) is 0 Å². The molecule has 100 valence electrons. The number of thiazole rings is 1. The number of nitriles is 1. The molecule has 21 heavy (non-hydrogen) atoms. The van der Waals surface area contributed by atoms with Crippen molar-refractivity contribution in [2.24, 2.45) is 0 Å². The lowest BCUT2D eigenvalue weighted by Crippen LogP contribution is -1.84. The molecular formula is C17H11N3S. The third-order valence-corrected chi connectivity index (χ3v) is 3.92. The van der Waals surface area contributed by atoms with Crippen LogP contribution in [0.25, 0.3) is 22.7 Å². The maximum atomic E-state index is 9.03. The van der Waals surface area contributed by atoms with Gasteiger partial charge in [-0.1, -0.05) is 30.3 Å². The Balaban J connectivity index is 1.85. The first-order valence-electron chi connectivity index (χ1n) is 6.41. The zero-order chi connectivity index (χ0) is 14.5. The van der Waals surface area contributed by atoms with Crippen LogP contribution in [0.2, 0.25) is 0 Å². The van der Waals surface area contributed by atoms with E-state index in [1.165, 1.54) is 0 Å². The fourth-order valence-corrected chi connectivity index (χ4v) is 2.71. The molecule has 0 N–H and O–H groups in total. The Kier molecular flexibility index (Phi) is 3.85. The monoisotopic (exact) mass is 289 g/mol. The highest BCUT2D eigenvalue weighted by Crippen LogP contribution is 2.26. The van der Waals surface area contributed by atoms with Gasteiger partial charge in [0.25, 0.3) is 0 Å². The lowest BCUT2D eigenvalue weighted by molar-refractivity contribution is 1.27. The highest BCUT2D eigenvalue weighted by molar-refractivity contribution is 7.15. The van der Waals surface area contributed by atoms with E-state index in [0.29, 0.717) is 11.3 Å². The number of pyridine rings is 1. The van der Waals surface area contributed by atoms with Crippen LogP contribution < -0.4 is 0 Å². The number of hydrogen-bond donors (Lipinski definition) is 0. The first-order valence-corrected chi connectivity index (χ1v) is 7.23. The van der Waals surface area contributed by atoms with E-state index in [4.69, 9.17) is 5.26 Å². The van der Waals surface area contributed by atoms with E-state index in [9.17, 15) is 0 Å². The number of hydrogen-bond acceptors (Lipinski definition) is 4. The van der Waals surface area contributed by atoms with Crippen molar-refractivity contribution >= 4 is 23.5 Å². The molecule has 3 nitrogen and oxygen atoms in total. The highest BCUT2D eigenvalue weighted by atomic mass is 32.1. The molecule has 0 radical (unpaired) electrons. The molecule has 2 aromatic heterocycles. The van der Waals surface area contributed by atoms with Crippen LogP contribution >= 0.6 is 11.3 Å². The molecule has 2 heterocycles. The molecule has 3 aromatic rings. The van der Waals surface area contributed by atoms with Gasteiger partial charge in [0.2, 0.25) is 0 Å². The van der Waals surface area contributed by atoms with Crippen LogP contribution in [0.1, 0.15) is 16.1 Å². The summed E-state index contributed by atoms with van der Waals surface area (Å²) in [4.78, 5) is 9.66. The Labute approximate surface area is 126 Å². The molecule has 4 heteroatoms. The van der Waals surface area contributed by atoms with Crippen molar-refractivity contribution < 1.29 is 0 Å². The Morgan fingerprint density at radius 2 is 1.86 bits per heavy atom. The summed E-state index contributed by atoms with van der Waals surface area (Å²) in [5, 5.41) is 10.0. The molecule has 0 atom stereocenters. The van der Waals surface area contributed by atoms with Crippen molar-refractivity contribution in [3.63, 3.8) is 0 Å². The second-order valence-corrected chi connectivity index (χ2v) is 5.38.